The highest BCUT2D eigenvalue weighted by molar-refractivity contribution is 7.11. The number of piperidine rings is 1. The first-order chi connectivity index (χ1) is 13.6. The maximum atomic E-state index is 12.0. The summed E-state index contributed by atoms with van der Waals surface area (Å²) in [5.41, 5.74) is 1.47. The molecule has 28 heavy (non-hydrogen) atoms. The number of nitro groups is 1. The van der Waals surface area contributed by atoms with Gasteiger partial charge in [0, 0.05) is 26.2 Å². The average molecular weight is 400 g/mol. The number of thiophene rings is 1. The summed E-state index contributed by atoms with van der Waals surface area (Å²) >= 11 is 1.65. The van der Waals surface area contributed by atoms with Gasteiger partial charge in [-0.3, -0.25) is 10.1 Å². The summed E-state index contributed by atoms with van der Waals surface area (Å²) in [6.07, 6.45) is 7.44. The zero-order chi connectivity index (χ0) is 19.5. The van der Waals surface area contributed by atoms with E-state index in [1.54, 1.807) is 11.3 Å². The van der Waals surface area contributed by atoms with Gasteiger partial charge in [0.1, 0.15) is 11.5 Å². The van der Waals surface area contributed by atoms with Crippen molar-refractivity contribution in [2.45, 2.75) is 39.0 Å². The third kappa shape index (κ3) is 3.87. The number of aryl methyl sites for hydroxylation is 1. The van der Waals surface area contributed by atoms with Gasteiger partial charge < -0.3 is 9.80 Å². The van der Waals surface area contributed by atoms with Crippen molar-refractivity contribution >= 4 is 34.6 Å². The van der Waals surface area contributed by atoms with Crippen LogP contribution in [0.2, 0.25) is 0 Å². The fraction of sp³-hybridized carbons (Fsp3) is 0.500. The van der Waals surface area contributed by atoms with Crippen LogP contribution in [0.25, 0.3) is 11.8 Å². The van der Waals surface area contributed by atoms with Crippen LogP contribution in [0, 0.1) is 17.0 Å². The molecule has 4 rings (SSSR count). The van der Waals surface area contributed by atoms with Crippen LogP contribution >= 0.6 is 11.3 Å². The second-order valence-electron chi connectivity index (χ2n) is 7.33. The SMILES string of the molecule is Cc1nc(/C=C(/c2cccs2)N2CCCC2)c([N+](=O)[O-])c(N2CCCCC2)n1. The minimum Gasteiger partial charge on any atom is -0.370 e. The molecule has 0 aliphatic carbocycles. The van der Waals surface area contributed by atoms with Crippen LogP contribution in [-0.4, -0.2) is 46.0 Å². The molecule has 148 valence electrons. The lowest BCUT2D eigenvalue weighted by Gasteiger charge is -2.27. The van der Waals surface area contributed by atoms with Crippen molar-refractivity contribution in [2.24, 2.45) is 0 Å². The van der Waals surface area contributed by atoms with Crippen LogP contribution < -0.4 is 4.90 Å². The van der Waals surface area contributed by atoms with Crippen LogP contribution in [0.1, 0.15) is 48.5 Å². The lowest BCUT2D eigenvalue weighted by Crippen LogP contribution is -2.31. The Morgan fingerprint density at radius 3 is 2.50 bits per heavy atom. The number of anilines is 1. The summed E-state index contributed by atoms with van der Waals surface area (Å²) in [5, 5.41) is 14.1. The molecule has 2 saturated heterocycles. The van der Waals surface area contributed by atoms with Gasteiger partial charge in [-0.25, -0.2) is 9.97 Å². The maximum Gasteiger partial charge on any atom is 0.337 e. The molecular formula is C20H25N5O2S. The number of aromatic nitrogens is 2. The maximum absolute atomic E-state index is 12.0. The van der Waals surface area contributed by atoms with Crippen molar-refractivity contribution in [3.63, 3.8) is 0 Å². The lowest BCUT2D eigenvalue weighted by molar-refractivity contribution is -0.384. The first-order valence-corrected chi connectivity index (χ1v) is 10.8. The Morgan fingerprint density at radius 1 is 1.14 bits per heavy atom. The van der Waals surface area contributed by atoms with E-state index in [0.29, 0.717) is 17.3 Å². The molecule has 0 radical (unpaired) electrons. The highest BCUT2D eigenvalue weighted by Crippen LogP contribution is 2.35. The summed E-state index contributed by atoms with van der Waals surface area (Å²) in [7, 11) is 0. The molecule has 2 aromatic heterocycles. The fourth-order valence-corrected chi connectivity index (χ4v) is 4.77. The molecule has 0 atom stereocenters. The van der Waals surface area contributed by atoms with Gasteiger partial charge >= 0.3 is 5.69 Å². The Labute approximate surface area is 168 Å². The van der Waals surface area contributed by atoms with Crippen molar-refractivity contribution < 1.29 is 4.92 Å². The van der Waals surface area contributed by atoms with E-state index in [0.717, 1.165) is 62.4 Å². The first-order valence-electron chi connectivity index (χ1n) is 9.92. The van der Waals surface area contributed by atoms with Gasteiger partial charge in [0.25, 0.3) is 0 Å². The van der Waals surface area contributed by atoms with Crippen molar-refractivity contribution in [3.8, 4) is 0 Å². The largest absolute Gasteiger partial charge is 0.370 e. The van der Waals surface area contributed by atoms with Crippen LogP contribution in [0.3, 0.4) is 0 Å². The quantitative estimate of drug-likeness (QED) is 0.550. The van der Waals surface area contributed by atoms with Crippen molar-refractivity contribution in [2.75, 3.05) is 31.1 Å². The normalized spacial score (nSPS) is 18.0. The molecule has 2 fully saturated rings. The van der Waals surface area contributed by atoms with E-state index in [9.17, 15) is 10.1 Å². The Kier molecular flexibility index (Phi) is 5.57. The molecule has 0 amide bonds. The summed E-state index contributed by atoms with van der Waals surface area (Å²) in [4.78, 5) is 26.2. The van der Waals surface area contributed by atoms with Gasteiger partial charge in [0.15, 0.2) is 0 Å². The molecule has 0 unspecified atom stereocenters. The van der Waals surface area contributed by atoms with Gasteiger partial charge in [0.2, 0.25) is 5.82 Å². The van der Waals surface area contributed by atoms with E-state index < -0.39 is 0 Å². The van der Waals surface area contributed by atoms with Crippen LogP contribution in [0.4, 0.5) is 11.5 Å². The Morgan fingerprint density at radius 2 is 1.86 bits per heavy atom. The van der Waals surface area contributed by atoms with Crippen molar-refractivity contribution in [3.05, 3.63) is 44.0 Å². The van der Waals surface area contributed by atoms with Gasteiger partial charge in [-0.15, -0.1) is 11.3 Å². The average Bonchev–Trinajstić information content (AvgIpc) is 3.40. The van der Waals surface area contributed by atoms with E-state index in [2.05, 4.69) is 20.9 Å². The lowest BCUT2D eigenvalue weighted by atomic mass is 10.1. The summed E-state index contributed by atoms with van der Waals surface area (Å²) in [6.45, 7) is 5.38. The molecule has 4 heterocycles. The molecular weight excluding hydrogens is 374 g/mol. The predicted octanol–water partition coefficient (Wildman–Crippen LogP) is 4.34. The fourth-order valence-electron chi connectivity index (χ4n) is 4.01. The third-order valence-electron chi connectivity index (χ3n) is 5.34. The molecule has 0 aromatic carbocycles. The molecule has 2 aromatic rings. The monoisotopic (exact) mass is 399 g/mol. The zero-order valence-electron chi connectivity index (χ0n) is 16.1. The van der Waals surface area contributed by atoms with E-state index in [4.69, 9.17) is 0 Å². The number of hydrogen-bond donors (Lipinski definition) is 0. The number of rotatable bonds is 5. The Hall–Kier alpha value is -2.48. The van der Waals surface area contributed by atoms with E-state index in [1.165, 1.54) is 6.42 Å². The highest BCUT2D eigenvalue weighted by atomic mass is 32.1. The molecule has 0 bridgehead atoms. The van der Waals surface area contributed by atoms with Gasteiger partial charge in [-0.05, 0) is 56.6 Å². The van der Waals surface area contributed by atoms with Gasteiger partial charge in [-0.2, -0.15) is 0 Å². The molecule has 0 N–H and O–H groups in total. The second-order valence-corrected chi connectivity index (χ2v) is 8.28. The zero-order valence-corrected chi connectivity index (χ0v) is 17.0. The Bertz CT molecular complexity index is 869. The van der Waals surface area contributed by atoms with Crippen molar-refractivity contribution in [1.82, 2.24) is 14.9 Å². The van der Waals surface area contributed by atoms with E-state index in [-0.39, 0.29) is 10.6 Å². The summed E-state index contributed by atoms with van der Waals surface area (Å²) in [5.74, 6) is 1.04. The number of hydrogen-bond acceptors (Lipinski definition) is 7. The highest BCUT2D eigenvalue weighted by Gasteiger charge is 2.29. The van der Waals surface area contributed by atoms with Gasteiger partial charge in [-0.1, -0.05) is 6.07 Å². The van der Waals surface area contributed by atoms with E-state index >= 15 is 0 Å². The topological polar surface area (TPSA) is 75.4 Å². The smallest absolute Gasteiger partial charge is 0.337 e. The molecule has 8 heteroatoms. The van der Waals surface area contributed by atoms with Crippen LogP contribution in [0.5, 0.6) is 0 Å². The minimum atomic E-state index is -0.314. The minimum absolute atomic E-state index is 0.0285. The second kappa shape index (κ2) is 8.26. The summed E-state index contributed by atoms with van der Waals surface area (Å²) in [6, 6.07) is 4.09. The molecule has 0 spiro atoms. The van der Waals surface area contributed by atoms with Crippen LogP contribution in [-0.2, 0) is 0 Å². The number of likely N-dealkylation sites (tertiary alicyclic amines) is 1. The molecule has 2 aliphatic heterocycles. The van der Waals surface area contributed by atoms with Crippen LogP contribution in [0.15, 0.2) is 17.5 Å². The van der Waals surface area contributed by atoms with E-state index in [1.807, 2.05) is 29.3 Å². The third-order valence-corrected chi connectivity index (χ3v) is 6.23. The van der Waals surface area contributed by atoms with Gasteiger partial charge in [0.05, 0.1) is 15.5 Å². The first kappa shape index (κ1) is 18.9. The Balaban J connectivity index is 1.84. The standard InChI is InChI=1S/C20H25N5O2S/c1-15-21-16(14-17(18-8-7-13-28-18)23-9-5-6-10-23)19(25(26)27)20(22-15)24-11-3-2-4-12-24/h7-8,13-14H,2-6,9-12H2,1H3/b17-14-. The summed E-state index contributed by atoms with van der Waals surface area (Å²) < 4.78 is 0. The number of nitrogens with zero attached hydrogens (tertiary/aromatic N) is 5. The van der Waals surface area contributed by atoms with Crippen molar-refractivity contribution in [1.29, 1.82) is 0 Å². The molecule has 7 nitrogen and oxygen atoms in total. The molecule has 0 saturated carbocycles. The predicted molar refractivity (Wildman–Crippen MR) is 112 cm³/mol. The molecule has 2 aliphatic rings.